The molecule has 14 heteroatoms. The van der Waals surface area contributed by atoms with Crippen molar-refractivity contribution in [2.45, 2.75) is 32.2 Å². The van der Waals surface area contributed by atoms with Gasteiger partial charge in [0.2, 0.25) is 0 Å². The molecular formula is C27H39GdN4O9. The Morgan fingerprint density at radius 2 is 1.20 bits per heavy atom. The van der Waals surface area contributed by atoms with Crippen LogP contribution >= 0.6 is 0 Å². The first-order valence-corrected chi connectivity index (χ1v) is 13.5. The maximum absolute atomic E-state index is 12.4. The van der Waals surface area contributed by atoms with Crippen LogP contribution < -0.4 is 20.1 Å². The number of nitrogens with zero attached hydrogens (tertiary/aromatic N) is 4. The van der Waals surface area contributed by atoms with Crippen LogP contribution in [-0.4, -0.2) is 133 Å². The summed E-state index contributed by atoms with van der Waals surface area (Å²) in [7, 11) is 0. The minimum atomic E-state index is -1.30. The normalized spacial score (nSPS) is 17.4. The van der Waals surface area contributed by atoms with E-state index in [0.717, 1.165) is 17.7 Å². The van der Waals surface area contributed by atoms with Crippen molar-refractivity contribution in [2.75, 3.05) is 78.6 Å². The van der Waals surface area contributed by atoms with E-state index in [4.69, 9.17) is 4.74 Å². The first-order chi connectivity index (χ1) is 19.1. The minimum Gasteiger partial charge on any atom is -0.549 e. The van der Waals surface area contributed by atoms with Gasteiger partial charge < -0.3 is 39.5 Å². The number of hydrogen-bond acceptors (Lipinski definition) is 12. The van der Waals surface area contributed by atoms with Gasteiger partial charge in [-0.25, -0.2) is 0 Å². The Bertz CT molecular complexity index is 935. The Hall–Kier alpha value is -1.94. The molecule has 1 aromatic carbocycles. The van der Waals surface area contributed by atoms with Crippen molar-refractivity contribution in [3.8, 4) is 5.75 Å². The van der Waals surface area contributed by atoms with Crippen molar-refractivity contribution in [3.05, 3.63) is 29.8 Å². The van der Waals surface area contributed by atoms with Crippen molar-refractivity contribution in [1.29, 1.82) is 0 Å². The largest absolute Gasteiger partial charge is 3.00 e. The molecule has 1 aliphatic heterocycles. The molecule has 1 aliphatic rings. The summed E-state index contributed by atoms with van der Waals surface area (Å²) in [5.41, 5.74) is 0.939. The summed E-state index contributed by atoms with van der Waals surface area (Å²) in [5.74, 6) is -4.20. The third-order valence-electron chi connectivity index (χ3n) is 6.76. The van der Waals surface area contributed by atoms with Crippen LogP contribution in [0.5, 0.6) is 5.75 Å². The van der Waals surface area contributed by atoms with Gasteiger partial charge in [0.25, 0.3) is 0 Å². The number of aliphatic carboxylic acids is 4. The first kappa shape index (κ1) is 37.1. The molecule has 0 aliphatic carbocycles. The molecule has 1 unspecified atom stereocenters. The number of aryl methyl sites for hydroxylation is 1. The number of hydrogen-bond donors (Lipinski definition) is 1. The number of carbonyl (C=O) groups excluding carboxylic acids is 3. The Kier molecular flexibility index (Phi) is 18.1. The van der Waals surface area contributed by atoms with Crippen LogP contribution in [0.3, 0.4) is 0 Å². The fourth-order valence-electron chi connectivity index (χ4n) is 4.62. The molecule has 1 heterocycles. The van der Waals surface area contributed by atoms with Crippen LogP contribution in [0.1, 0.15) is 25.3 Å². The second-order valence-corrected chi connectivity index (χ2v) is 9.87. The molecule has 13 nitrogen and oxygen atoms in total. The Morgan fingerprint density at radius 1 is 0.780 bits per heavy atom. The van der Waals surface area contributed by atoms with Crippen LogP contribution in [0.15, 0.2) is 24.3 Å². The number of carbonyl (C=O) groups is 4. The third kappa shape index (κ3) is 15.2. The maximum atomic E-state index is 12.4. The van der Waals surface area contributed by atoms with Crippen molar-refractivity contribution in [1.82, 2.24) is 19.6 Å². The zero-order valence-electron chi connectivity index (χ0n) is 23.3. The van der Waals surface area contributed by atoms with E-state index in [-0.39, 0.29) is 98.7 Å². The molecule has 1 fully saturated rings. The maximum Gasteiger partial charge on any atom is 3.00 e. The van der Waals surface area contributed by atoms with Crippen LogP contribution in [0, 0.1) is 39.9 Å². The molecule has 229 valence electrons. The number of ether oxygens (including phenoxy) is 1. The van der Waals surface area contributed by atoms with Gasteiger partial charge in [-0.2, -0.15) is 0 Å². The van der Waals surface area contributed by atoms with E-state index in [1.54, 1.807) is 19.6 Å². The van der Waals surface area contributed by atoms with Gasteiger partial charge in [0.15, 0.2) is 0 Å². The van der Waals surface area contributed by atoms with E-state index in [2.05, 4.69) is 0 Å². The average Bonchev–Trinajstić information content (AvgIpc) is 2.88. The summed E-state index contributed by atoms with van der Waals surface area (Å²) >= 11 is 0. The Labute approximate surface area is 272 Å². The predicted molar refractivity (Wildman–Crippen MR) is 138 cm³/mol. The van der Waals surface area contributed by atoms with Gasteiger partial charge in [-0.3, -0.25) is 24.4 Å². The summed E-state index contributed by atoms with van der Waals surface area (Å²) in [6, 6.07) is 6.57. The van der Waals surface area contributed by atoms with E-state index in [9.17, 15) is 39.6 Å². The van der Waals surface area contributed by atoms with Gasteiger partial charge in [0.1, 0.15) is 11.8 Å². The van der Waals surface area contributed by atoms with E-state index < -0.39 is 49.6 Å². The molecule has 1 N–H and O–H groups in total. The summed E-state index contributed by atoms with van der Waals surface area (Å²) in [5, 5.41) is 44.0. The van der Waals surface area contributed by atoms with Crippen molar-refractivity contribution >= 4 is 23.9 Å². The molecular weight excluding hydrogens is 682 g/mol. The van der Waals surface area contributed by atoms with Crippen molar-refractivity contribution in [2.24, 2.45) is 0 Å². The molecule has 1 radical (unpaired) electrons. The molecule has 0 bridgehead atoms. The number of benzene rings is 1. The Morgan fingerprint density at radius 3 is 1.56 bits per heavy atom. The average molecular weight is 721 g/mol. The standard InChI is InChI=1S/C27H42N4O9.Gd/c1-2-17-40-22-6-3-21(4-7-22)5-8-23(27(38)39)31-15-13-29(19-25(34)35)11-9-28(18-24(32)33)10-12-30(14-16-31)20-26(36)37;/h3-4,6-7,23H,2,5,8-20H2,1H3,(H,32,33)(H,34,35)(H,36,37)(H,38,39);/q;+3/p-3. The van der Waals surface area contributed by atoms with E-state index in [1.807, 2.05) is 31.2 Å². The minimum absolute atomic E-state index is 0. The Balaban J connectivity index is 0.00000840. The SMILES string of the molecule is CCCOc1ccc(CCC(C(=O)O)N2CCN(CC(=O)[O-])CCN(CC(=O)[O-])CCN(CC(=O)[O-])CC2)cc1.[Gd+3]. The van der Waals surface area contributed by atoms with Gasteiger partial charge >= 0.3 is 45.9 Å². The summed E-state index contributed by atoms with van der Waals surface area (Å²) in [6.07, 6.45) is 1.65. The molecule has 0 saturated carbocycles. The quantitative estimate of drug-likeness (QED) is 0.199. The van der Waals surface area contributed by atoms with Crippen LogP contribution in [0.2, 0.25) is 0 Å². The van der Waals surface area contributed by atoms with E-state index in [1.165, 1.54) is 0 Å². The molecule has 0 amide bonds. The number of carboxylic acids is 4. The van der Waals surface area contributed by atoms with Gasteiger partial charge in [0, 0.05) is 72.0 Å². The van der Waals surface area contributed by atoms with E-state index in [0.29, 0.717) is 13.0 Å². The first-order valence-electron chi connectivity index (χ1n) is 13.5. The summed E-state index contributed by atoms with van der Waals surface area (Å²) in [4.78, 5) is 52.7. The van der Waals surface area contributed by atoms with Crippen LogP contribution in [0.25, 0.3) is 0 Å². The smallest absolute Gasteiger partial charge is 0.549 e. The fourth-order valence-corrected chi connectivity index (χ4v) is 4.62. The molecule has 0 spiro atoms. The molecule has 2 rings (SSSR count). The van der Waals surface area contributed by atoms with Crippen molar-refractivity contribution < 1.29 is 84.3 Å². The molecule has 41 heavy (non-hydrogen) atoms. The van der Waals surface area contributed by atoms with Gasteiger partial charge in [0.05, 0.1) is 24.5 Å². The molecule has 1 atom stereocenters. The number of rotatable bonds is 14. The second kappa shape index (κ2) is 20.1. The van der Waals surface area contributed by atoms with Gasteiger partial charge in [-0.05, 0) is 37.0 Å². The van der Waals surface area contributed by atoms with Crippen LogP contribution in [-0.2, 0) is 25.6 Å². The van der Waals surface area contributed by atoms with Gasteiger partial charge in [-0.15, -0.1) is 0 Å². The fraction of sp³-hybridized carbons (Fsp3) is 0.630. The monoisotopic (exact) mass is 721 g/mol. The van der Waals surface area contributed by atoms with E-state index >= 15 is 0 Å². The summed E-state index contributed by atoms with van der Waals surface area (Å²) < 4.78 is 5.60. The molecule has 0 aromatic heterocycles. The van der Waals surface area contributed by atoms with Crippen molar-refractivity contribution in [3.63, 3.8) is 0 Å². The molecule has 1 aromatic rings. The third-order valence-corrected chi connectivity index (χ3v) is 6.76. The van der Waals surface area contributed by atoms with Crippen LogP contribution in [0.4, 0.5) is 0 Å². The topological polar surface area (TPSA) is 180 Å². The second-order valence-electron chi connectivity index (χ2n) is 9.87. The molecule has 1 saturated heterocycles. The zero-order chi connectivity index (χ0) is 29.5. The number of carboxylic acid groups (broad SMARTS) is 4. The summed E-state index contributed by atoms with van der Waals surface area (Å²) in [6.45, 7) is 3.01. The zero-order valence-corrected chi connectivity index (χ0v) is 25.6. The predicted octanol–water partition coefficient (Wildman–Crippen LogP) is -3.67. The van der Waals surface area contributed by atoms with Gasteiger partial charge in [-0.1, -0.05) is 19.1 Å².